The Morgan fingerprint density at radius 1 is 1.00 bits per heavy atom. The Morgan fingerprint density at radius 2 is 1.68 bits per heavy atom. The number of rotatable bonds is 6. The molecular weight excluding hydrogens is 412 g/mol. The number of carbonyl (C=O) groups excluding carboxylic acids is 1. The van der Waals surface area contributed by atoms with Crippen LogP contribution in [-0.4, -0.2) is 33.3 Å². The lowest BCUT2D eigenvalue weighted by molar-refractivity contribution is 0.0931. The molecule has 0 aliphatic rings. The number of amides is 1. The van der Waals surface area contributed by atoms with E-state index in [4.69, 9.17) is 4.74 Å². The van der Waals surface area contributed by atoms with Gasteiger partial charge in [-0.25, -0.2) is 4.98 Å². The quantitative estimate of drug-likeness (QED) is 0.466. The lowest BCUT2D eigenvalue weighted by atomic mass is 10.0. The molecule has 8 heteroatoms. The smallest absolute Gasteiger partial charge is 0.274 e. The van der Waals surface area contributed by atoms with Gasteiger partial charge < -0.3 is 15.2 Å². The lowest BCUT2D eigenvalue weighted by Gasteiger charge is -2.12. The van der Waals surface area contributed by atoms with Gasteiger partial charge >= 0.3 is 0 Å². The monoisotopic (exact) mass is 432 g/mol. The van der Waals surface area contributed by atoms with Crippen LogP contribution in [0, 0.1) is 0 Å². The van der Waals surface area contributed by atoms with Crippen LogP contribution in [0.2, 0.25) is 0 Å². The summed E-state index contributed by atoms with van der Waals surface area (Å²) in [7, 11) is 1.41. The van der Waals surface area contributed by atoms with Gasteiger partial charge in [-0.05, 0) is 18.1 Å². The van der Waals surface area contributed by atoms with Crippen LogP contribution in [0.3, 0.4) is 0 Å². The summed E-state index contributed by atoms with van der Waals surface area (Å²) in [5.74, 6) is -0.635. The zero-order chi connectivity index (χ0) is 21.8. The number of nitrogens with one attached hydrogen (secondary N) is 1. The largest absolute Gasteiger partial charge is 0.503 e. The molecule has 0 saturated carbocycles. The van der Waals surface area contributed by atoms with Crippen LogP contribution >= 0.6 is 11.3 Å². The number of methoxy groups -OCH3 is 1. The van der Waals surface area contributed by atoms with E-state index < -0.39 is 11.9 Å². The van der Waals surface area contributed by atoms with Crippen molar-refractivity contribution in [1.29, 1.82) is 0 Å². The molecule has 2 N–H and O–H groups in total. The second-order valence-electron chi connectivity index (χ2n) is 6.79. The van der Waals surface area contributed by atoms with Gasteiger partial charge in [0, 0.05) is 17.8 Å². The molecule has 0 aliphatic heterocycles. The molecule has 1 atom stereocenters. The summed E-state index contributed by atoms with van der Waals surface area (Å²) in [5.41, 5.74) is 3.12. The maximum atomic E-state index is 12.5. The molecular formula is C23H20N4O3S. The van der Waals surface area contributed by atoms with Crippen LogP contribution in [-0.2, 0) is 0 Å². The van der Waals surface area contributed by atoms with E-state index in [-0.39, 0.29) is 17.2 Å². The summed E-state index contributed by atoms with van der Waals surface area (Å²) < 4.78 is 5.02. The minimum absolute atomic E-state index is 0.104. The zero-order valence-electron chi connectivity index (χ0n) is 16.9. The van der Waals surface area contributed by atoms with E-state index in [1.54, 1.807) is 6.92 Å². The Kier molecular flexibility index (Phi) is 5.90. The molecule has 156 valence electrons. The second-order valence-corrected chi connectivity index (χ2v) is 7.80. The maximum Gasteiger partial charge on any atom is 0.274 e. The Balaban J connectivity index is 1.48. The van der Waals surface area contributed by atoms with Crippen LogP contribution in [0.4, 0.5) is 0 Å². The van der Waals surface area contributed by atoms with Crippen LogP contribution in [0.25, 0.3) is 21.7 Å². The number of pyridine rings is 1. The van der Waals surface area contributed by atoms with E-state index in [1.165, 1.54) is 30.7 Å². The third-order valence-corrected chi connectivity index (χ3v) is 5.87. The van der Waals surface area contributed by atoms with Crippen molar-refractivity contribution in [2.75, 3.05) is 7.11 Å². The molecule has 4 rings (SSSR count). The molecule has 2 heterocycles. The molecule has 0 aliphatic carbocycles. The van der Waals surface area contributed by atoms with Gasteiger partial charge in [0.2, 0.25) is 0 Å². The zero-order valence-corrected chi connectivity index (χ0v) is 17.8. The van der Waals surface area contributed by atoms with Crippen molar-refractivity contribution < 1.29 is 14.6 Å². The van der Waals surface area contributed by atoms with Gasteiger partial charge in [-0.15, -0.1) is 10.2 Å². The molecule has 0 spiro atoms. The van der Waals surface area contributed by atoms with Crippen molar-refractivity contribution in [2.24, 2.45) is 0 Å². The van der Waals surface area contributed by atoms with E-state index in [2.05, 4.69) is 32.6 Å². The fraction of sp³-hybridized carbons (Fsp3) is 0.130. The first kappa shape index (κ1) is 20.5. The molecule has 0 fully saturated rings. The number of nitrogens with zero attached hydrogens (tertiary/aromatic N) is 3. The number of carbonyl (C=O) groups is 1. The van der Waals surface area contributed by atoms with Crippen molar-refractivity contribution in [3.63, 3.8) is 0 Å². The summed E-state index contributed by atoms with van der Waals surface area (Å²) in [5, 5.41) is 22.8. The van der Waals surface area contributed by atoms with Crippen LogP contribution in [0.1, 0.15) is 28.5 Å². The SMILES string of the molecule is COc1ccnc(C(=O)N[C@@H](C)c2nnc(-c3ccc(-c4ccccc4)cc3)s2)c1O. The number of ether oxygens (including phenoxy) is 1. The third-order valence-electron chi connectivity index (χ3n) is 4.72. The number of hydrogen-bond acceptors (Lipinski definition) is 7. The first-order valence-electron chi connectivity index (χ1n) is 9.59. The minimum Gasteiger partial charge on any atom is -0.503 e. The molecule has 0 saturated heterocycles. The van der Waals surface area contributed by atoms with Crippen molar-refractivity contribution in [2.45, 2.75) is 13.0 Å². The highest BCUT2D eigenvalue weighted by molar-refractivity contribution is 7.14. The molecule has 2 aromatic heterocycles. The highest BCUT2D eigenvalue weighted by atomic mass is 32.1. The van der Waals surface area contributed by atoms with Gasteiger partial charge in [-0.2, -0.15) is 0 Å². The molecule has 7 nitrogen and oxygen atoms in total. The summed E-state index contributed by atoms with van der Waals surface area (Å²) >= 11 is 1.40. The molecule has 0 radical (unpaired) electrons. The molecule has 1 amide bonds. The van der Waals surface area contributed by atoms with E-state index in [9.17, 15) is 9.90 Å². The van der Waals surface area contributed by atoms with Gasteiger partial charge in [-0.1, -0.05) is 65.9 Å². The summed E-state index contributed by atoms with van der Waals surface area (Å²) in [6.45, 7) is 1.80. The average Bonchev–Trinajstić information content (AvgIpc) is 3.30. The van der Waals surface area contributed by atoms with Gasteiger partial charge in [0.05, 0.1) is 13.2 Å². The predicted molar refractivity (Wildman–Crippen MR) is 119 cm³/mol. The molecule has 0 bridgehead atoms. The fourth-order valence-electron chi connectivity index (χ4n) is 3.06. The van der Waals surface area contributed by atoms with Gasteiger partial charge in [0.15, 0.2) is 17.2 Å². The Labute approximate surface area is 183 Å². The fourth-order valence-corrected chi connectivity index (χ4v) is 3.91. The van der Waals surface area contributed by atoms with Crippen LogP contribution in [0.5, 0.6) is 11.5 Å². The number of aromatic nitrogens is 3. The highest BCUT2D eigenvalue weighted by Crippen LogP contribution is 2.30. The molecule has 31 heavy (non-hydrogen) atoms. The van der Waals surface area contributed by atoms with Gasteiger partial charge in [0.1, 0.15) is 10.0 Å². The molecule has 0 unspecified atom stereocenters. The minimum atomic E-state index is -0.520. The maximum absolute atomic E-state index is 12.5. The van der Waals surface area contributed by atoms with Crippen LogP contribution < -0.4 is 10.1 Å². The van der Waals surface area contributed by atoms with Gasteiger partial charge in [0.25, 0.3) is 5.91 Å². The van der Waals surface area contributed by atoms with E-state index in [0.29, 0.717) is 5.01 Å². The lowest BCUT2D eigenvalue weighted by Crippen LogP contribution is -2.27. The van der Waals surface area contributed by atoms with E-state index in [1.807, 2.05) is 42.5 Å². The predicted octanol–water partition coefficient (Wildman–Crippen LogP) is 4.47. The van der Waals surface area contributed by atoms with E-state index >= 15 is 0 Å². The first-order valence-corrected chi connectivity index (χ1v) is 10.4. The van der Waals surface area contributed by atoms with Crippen LogP contribution in [0.15, 0.2) is 66.9 Å². The van der Waals surface area contributed by atoms with Crippen molar-refractivity contribution >= 4 is 17.2 Å². The highest BCUT2D eigenvalue weighted by Gasteiger charge is 2.21. The van der Waals surface area contributed by atoms with Crippen molar-refractivity contribution in [3.8, 4) is 33.2 Å². The molecule has 4 aromatic rings. The van der Waals surface area contributed by atoms with Crippen molar-refractivity contribution in [1.82, 2.24) is 20.5 Å². The second kappa shape index (κ2) is 8.93. The van der Waals surface area contributed by atoms with Gasteiger partial charge in [-0.3, -0.25) is 4.79 Å². The normalized spacial score (nSPS) is 11.7. The van der Waals surface area contributed by atoms with Crippen molar-refractivity contribution in [3.05, 3.63) is 77.6 Å². The summed E-state index contributed by atoms with van der Waals surface area (Å²) in [4.78, 5) is 16.5. The number of hydrogen-bond donors (Lipinski definition) is 2. The third kappa shape index (κ3) is 4.39. The Hall–Kier alpha value is -3.78. The summed E-state index contributed by atoms with van der Waals surface area (Å²) in [6.07, 6.45) is 1.40. The first-order chi connectivity index (χ1) is 15.1. The topological polar surface area (TPSA) is 97.2 Å². The Morgan fingerprint density at radius 3 is 2.39 bits per heavy atom. The molecule has 2 aromatic carbocycles. The Bertz CT molecular complexity index is 1190. The number of benzene rings is 2. The van der Waals surface area contributed by atoms with E-state index in [0.717, 1.165) is 21.7 Å². The number of aromatic hydroxyl groups is 1. The average molecular weight is 433 g/mol. The summed E-state index contributed by atoms with van der Waals surface area (Å²) in [6, 6.07) is 19.3. The standard InChI is InChI=1S/C23H20N4O3S/c1-14(25-21(29)19-20(28)18(30-2)12-13-24-19)22-26-27-23(31-22)17-10-8-16(9-11-17)15-6-4-3-5-7-15/h3-14,28H,1-2H3,(H,25,29)/t14-/m0/s1.